The Kier molecular flexibility index (Phi) is 6.16. The summed E-state index contributed by atoms with van der Waals surface area (Å²) in [7, 11) is 4.16. The molecule has 0 saturated carbocycles. The van der Waals surface area contributed by atoms with Crippen molar-refractivity contribution in [2.24, 2.45) is 0 Å². The van der Waals surface area contributed by atoms with Gasteiger partial charge in [-0.2, -0.15) is 0 Å². The molecule has 158 valence electrons. The van der Waals surface area contributed by atoms with Crippen LogP contribution in [0.3, 0.4) is 0 Å². The van der Waals surface area contributed by atoms with Crippen LogP contribution in [0.15, 0.2) is 48.5 Å². The van der Waals surface area contributed by atoms with Crippen molar-refractivity contribution < 1.29 is 9.59 Å². The van der Waals surface area contributed by atoms with E-state index in [2.05, 4.69) is 23.9 Å². The molecule has 0 N–H and O–H groups in total. The second kappa shape index (κ2) is 8.98. The standard InChI is InChI=1S/C24H30N4O2/c1-25-11-15-27(16-12-25)23(29)21-9-5-3-7-19(21)20-8-4-6-10-22(20)24(30)28-17-13-26(2)14-18-28/h3-10H,11-18H2,1-2H3. The van der Waals surface area contributed by atoms with Gasteiger partial charge in [0.25, 0.3) is 11.8 Å². The summed E-state index contributed by atoms with van der Waals surface area (Å²) >= 11 is 0. The number of carbonyl (C=O) groups excluding carboxylic acids is 2. The van der Waals surface area contributed by atoms with Crippen LogP contribution in [-0.4, -0.2) is 97.9 Å². The molecule has 0 aromatic heterocycles. The summed E-state index contributed by atoms with van der Waals surface area (Å²) in [6.45, 7) is 6.44. The number of hydrogen-bond acceptors (Lipinski definition) is 4. The lowest BCUT2D eigenvalue weighted by molar-refractivity contribution is 0.0655. The average molecular weight is 407 g/mol. The van der Waals surface area contributed by atoms with Crippen LogP contribution in [0.25, 0.3) is 11.1 Å². The third-order valence-electron chi connectivity index (χ3n) is 6.19. The van der Waals surface area contributed by atoms with Gasteiger partial charge in [-0.15, -0.1) is 0 Å². The minimum absolute atomic E-state index is 0.0422. The first kappa shape index (κ1) is 20.6. The molecule has 0 aliphatic carbocycles. The van der Waals surface area contributed by atoms with Crippen LogP contribution in [0.1, 0.15) is 20.7 Å². The first-order valence-corrected chi connectivity index (χ1v) is 10.7. The van der Waals surface area contributed by atoms with Crippen molar-refractivity contribution in [2.45, 2.75) is 0 Å². The van der Waals surface area contributed by atoms with E-state index in [1.54, 1.807) is 0 Å². The lowest BCUT2D eigenvalue weighted by Crippen LogP contribution is -2.47. The fraction of sp³-hybridized carbons (Fsp3) is 0.417. The number of rotatable bonds is 3. The molecular weight excluding hydrogens is 376 g/mol. The first-order chi connectivity index (χ1) is 14.5. The van der Waals surface area contributed by atoms with E-state index in [9.17, 15) is 9.59 Å². The van der Waals surface area contributed by atoms with Crippen LogP contribution in [-0.2, 0) is 0 Å². The number of hydrogen-bond donors (Lipinski definition) is 0. The molecule has 6 heteroatoms. The van der Waals surface area contributed by atoms with Crippen LogP contribution < -0.4 is 0 Å². The zero-order valence-corrected chi connectivity index (χ0v) is 17.9. The molecule has 0 unspecified atom stereocenters. The molecule has 2 aromatic rings. The van der Waals surface area contributed by atoms with Gasteiger partial charge in [0.15, 0.2) is 0 Å². The second-order valence-electron chi connectivity index (χ2n) is 8.28. The van der Waals surface area contributed by atoms with Gasteiger partial charge < -0.3 is 19.6 Å². The third-order valence-corrected chi connectivity index (χ3v) is 6.19. The molecule has 30 heavy (non-hydrogen) atoms. The number of amides is 2. The van der Waals surface area contributed by atoms with E-state index in [1.165, 1.54) is 0 Å². The van der Waals surface area contributed by atoms with E-state index < -0.39 is 0 Å². The predicted molar refractivity (Wildman–Crippen MR) is 119 cm³/mol. The zero-order valence-electron chi connectivity index (χ0n) is 17.9. The van der Waals surface area contributed by atoms with Crippen LogP contribution in [0, 0.1) is 0 Å². The number of likely N-dealkylation sites (N-methyl/N-ethyl adjacent to an activating group) is 2. The molecule has 6 nitrogen and oxygen atoms in total. The monoisotopic (exact) mass is 406 g/mol. The van der Waals surface area contributed by atoms with E-state index in [1.807, 2.05) is 58.3 Å². The molecule has 0 atom stereocenters. The Balaban J connectivity index is 1.65. The molecule has 2 aromatic carbocycles. The Hall–Kier alpha value is -2.70. The van der Waals surface area contributed by atoms with Crippen molar-refractivity contribution in [3.05, 3.63) is 59.7 Å². The van der Waals surface area contributed by atoms with Crippen LogP contribution in [0.4, 0.5) is 0 Å². The van der Waals surface area contributed by atoms with Gasteiger partial charge in [0.1, 0.15) is 0 Å². The number of piperazine rings is 2. The molecule has 4 rings (SSSR count). The quantitative estimate of drug-likeness (QED) is 0.784. The maximum absolute atomic E-state index is 13.3. The maximum atomic E-state index is 13.3. The van der Waals surface area contributed by atoms with E-state index in [-0.39, 0.29) is 11.8 Å². The molecule has 2 aliphatic rings. The Labute approximate surface area is 178 Å². The highest BCUT2D eigenvalue weighted by molar-refractivity contribution is 6.06. The molecule has 0 bridgehead atoms. The zero-order chi connectivity index (χ0) is 21.1. The number of carbonyl (C=O) groups is 2. The first-order valence-electron chi connectivity index (χ1n) is 10.7. The van der Waals surface area contributed by atoms with Gasteiger partial charge in [0.2, 0.25) is 0 Å². The van der Waals surface area contributed by atoms with Gasteiger partial charge in [-0.3, -0.25) is 9.59 Å². The van der Waals surface area contributed by atoms with Gasteiger partial charge in [-0.25, -0.2) is 0 Å². The largest absolute Gasteiger partial charge is 0.336 e. The lowest BCUT2D eigenvalue weighted by atomic mass is 9.94. The smallest absolute Gasteiger partial charge is 0.254 e. The summed E-state index contributed by atoms with van der Waals surface area (Å²) < 4.78 is 0. The van der Waals surface area contributed by atoms with Crippen molar-refractivity contribution in [1.82, 2.24) is 19.6 Å². The molecule has 2 amide bonds. The summed E-state index contributed by atoms with van der Waals surface area (Å²) in [5.41, 5.74) is 3.00. The Morgan fingerprint density at radius 3 is 1.27 bits per heavy atom. The topological polar surface area (TPSA) is 47.1 Å². The second-order valence-corrected chi connectivity index (χ2v) is 8.28. The lowest BCUT2D eigenvalue weighted by Gasteiger charge is -2.33. The van der Waals surface area contributed by atoms with E-state index in [0.717, 1.165) is 63.5 Å². The van der Waals surface area contributed by atoms with Crippen LogP contribution in [0.5, 0.6) is 0 Å². The minimum Gasteiger partial charge on any atom is -0.336 e. The van der Waals surface area contributed by atoms with Crippen molar-refractivity contribution in [1.29, 1.82) is 0 Å². The Morgan fingerprint density at radius 2 is 0.900 bits per heavy atom. The Bertz CT molecular complexity index is 837. The summed E-state index contributed by atoms with van der Waals surface area (Å²) in [5, 5.41) is 0. The van der Waals surface area contributed by atoms with Crippen molar-refractivity contribution in [2.75, 3.05) is 66.5 Å². The fourth-order valence-corrected chi connectivity index (χ4v) is 4.17. The molecule has 2 heterocycles. The van der Waals surface area contributed by atoms with Crippen molar-refractivity contribution >= 4 is 11.8 Å². The molecule has 2 saturated heterocycles. The van der Waals surface area contributed by atoms with E-state index in [4.69, 9.17) is 0 Å². The summed E-state index contributed by atoms with van der Waals surface area (Å²) in [6.07, 6.45) is 0. The van der Waals surface area contributed by atoms with Gasteiger partial charge >= 0.3 is 0 Å². The van der Waals surface area contributed by atoms with Crippen molar-refractivity contribution in [3.8, 4) is 11.1 Å². The highest BCUT2D eigenvalue weighted by Crippen LogP contribution is 2.29. The van der Waals surface area contributed by atoms with E-state index in [0.29, 0.717) is 11.1 Å². The van der Waals surface area contributed by atoms with Crippen LogP contribution in [0.2, 0.25) is 0 Å². The molecule has 0 spiro atoms. The molecule has 2 fully saturated rings. The molecule has 2 aliphatic heterocycles. The average Bonchev–Trinajstić information content (AvgIpc) is 2.79. The number of nitrogens with zero attached hydrogens (tertiary/aromatic N) is 4. The SMILES string of the molecule is CN1CCN(C(=O)c2ccccc2-c2ccccc2C(=O)N2CCN(C)CC2)CC1. The number of benzene rings is 2. The predicted octanol–water partition coefficient (Wildman–Crippen LogP) is 2.13. The van der Waals surface area contributed by atoms with Gasteiger partial charge in [-0.1, -0.05) is 36.4 Å². The Morgan fingerprint density at radius 1 is 0.567 bits per heavy atom. The van der Waals surface area contributed by atoms with Gasteiger partial charge in [0.05, 0.1) is 0 Å². The highest BCUT2D eigenvalue weighted by Gasteiger charge is 2.26. The highest BCUT2D eigenvalue weighted by atomic mass is 16.2. The summed E-state index contributed by atoms with van der Waals surface area (Å²) in [5.74, 6) is 0.0844. The van der Waals surface area contributed by atoms with Crippen LogP contribution >= 0.6 is 0 Å². The molecular formula is C24H30N4O2. The molecule has 0 radical (unpaired) electrons. The normalized spacial score (nSPS) is 18.5. The summed E-state index contributed by atoms with van der Waals surface area (Å²) in [6, 6.07) is 15.4. The summed E-state index contributed by atoms with van der Waals surface area (Å²) in [4.78, 5) is 35.0. The minimum atomic E-state index is 0.0422. The van der Waals surface area contributed by atoms with Gasteiger partial charge in [0, 0.05) is 63.5 Å². The fourth-order valence-electron chi connectivity index (χ4n) is 4.17. The van der Waals surface area contributed by atoms with Gasteiger partial charge in [-0.05, 0) is 37.4 Å². The third kappa shape index (κ3) is 4.25. The van der Waals surface area contributed by atoms with Crippen molar-refractivity contribution in [3.63, 3.8) is 0 Å². The van der Waals surface area contributed by atoms with E-state index >= 15 is 0 Å². The maximum Gasteiger partial charge on any atom is 0.254 e.